The molecule has 0 saturated heterocycles. The Morgan fingerprint density at radius 3 is 2.71 bits per heavy atom. The van der Waals surface area contributed by atoms with Gasteiger partial charge in [0.25, 0.3) is 0 Å². The Hall–Kier alpha value is -3.07. The van der Waals surface area contributed by atoms with Crippen LogP contribution in [-0.4, -0.2) is 33.6 Å². The molecule has 1 unspecified atom stereocenters. The number of fused-ring (bicyclic) bond motifs is 6. The molecule has 0 aliphatic carbocycles. The molecule has 1 aliphatic rings. The van der Waals surface area contributed by atoms with Crippen molar-refractivity contribution in [3.8, 4) is 22.8 Å². The third-order valence-corrected chi connectivity index (χ3v) is 5.34. The number of hydrogen-bond donors (Lipinski definition) is 1. The number of nitrogens with zero attached hydrogens (tertiary/aromatic N) is 2. The molecule has 0 spiro atoms. The van der Waals surface area contributed by atoms with Crippen molar-refractivity contribution in [3.63, 3.8) is 0 Å². The molecule has 1 N–H and O–H groups in total. The summed E-state index contributed by atoms with van der Waals surface area (Å²) in [6, 6.07) is 9.35. The molecule has 3 aromatic rings. The van der Waals surface area contributed by atoms with Crippen LogP contribution in [0.2, 0.25) is 0 Å². The number of benzene rings is 2. The van der Waals surface area contributed by atoms with Crippen LogP contribution in [0.25, 0.3) is 11.3 Å². The molecule has 2 heterocycles. The topological polar surface area (TPSA) is 73.3 Å². The van der Waals surface area contributed by atoms with Crippen molar-refractivity contribution >= 4 is 22.4 Å². The first-order valence-corrected chi connectivity index (χ1v) is 11.5. The number of nitrogens with one attached hydrogen (secondary N) is 1. The lowest BCUT2D eigenvalue weighted by Gasteiger charge is -2.13. The molecule has 2 aromatic carbocycles. The maximum atomic E-state index is 14.6. The fourth-order valence-corrected chi connectivity index (χ4v) is 3.90. The molecule has 0 amide bonds. The largest absolute Gasteiger partial charge is 0.494 e. The number of halogens is 2. The van der Waals surface area contributed by atoms with E-state index in [4.69, 9.17) is 9.47 Å². The maximum absolute atomic E-state index is 14.6. The Labute approximate surface area is 181 Å². The van der Waals surface area contributed by atoms with Crippen molar-refractivity contribution in [1.82, 2.24) is 9.97 Å². The first kappa shape index (κ1) is 21.2. The number of ether oxygens (including phenoxy) is 2. The predicted molar refractivity (Wildman–Crippen MR) is 115 cm³/mol. The summed E-state index contributed by atoms with van der Waals surface area (Å²) in [5.74, 6) is 0.229. The van der Waals surface area contributed by atoms with Crippen LogP contribution < -0.4 is 14.8 Å². The second-order valence-corrected chi connectivity index (χ2v) is 8.58. The first-order chi connectivity index (χ1) is 15.0. The van der Waals surface area contributed by atoms with Crippen molar-refractivity contribution in [3.05, 3.63) is 59.8 Å². The minimum Gasteiger partial charge on any atom is -0.494 e. The van der Waals surface area contributed by atoms with Gasteiger partial charge in [-0.2, -0.15) is 0 Å². The van der Waals surface area contributed by atoms with E-state index in [0.29, 0.717) is 48.8 Å². The van der Waals surface area contributed by atoms with Crippen LogP contribution in [0.15, 0.2) is 42.6 Å². The highest BCUT2D eigenvalue weighted by molar-refractivity contribution is 7.83. The molecule has 162 valence electrons. The number of rotatable bonds is 2. The van der Waals surface area contributed by atoms with Crippen molar-refractivity contribution in [2.24, 2.45) is 0 Å². The summed E-state index contributed by atoms with van der Waals surface area (Å²) >= 11 is 0. The molecule has 0 fully saturated rings. The van der Waals surface area contributed by atoms with Crippen LogP contribution in [0.3, 0.4) is 0 Å². The van der Waals surface area contributed by atoms with Gasteiger partial charge in [-0.3, -0.25) is 4.21 Å². The maximum Gasteiger partial charge on any atom is 0.227 e. The Balaban J connectivity index is 1.78. The average Bonchev–Trinajstić information content (AvgIpc) is 2.71. The number of anilines is 2. The highest BCUT2D eigenvalue weighted by Crippen LogP contribution is 2.33. The molecule has 0 radical (unpaired) electrons. The molecule has 1 aromatic heterocycles. The fraction of sp³-hybridized carbons (Fsp3) is 0.273. The van der Waals surface area contributed by atoms with Gasteiger partial charge < -0.3 is 14.8 Å². The lowest BCUT2D eigenvalue weighted by molar-refractivity contribution is 0.266. The smallest absolute Gasteiger partial charge is 0.227 e. The zero-order chi connectivity index (χ0) is 21.8. The van der Waals surface area contributed by atoms with Gasteiger partial charge in [-0.05, 0) is 42.7 Å². The van der Waals surface area contributed by atoms with Crippen LogP contribution in [0.4, 0.5) is 20.4 Å². The number of aromatic nitrogens is 2. The molecule has 1 atom stereocenters. The Kier molecular flexibility index (Phi) is 6.41. The third kappa shape index (κ3) is 5.35. The lowest BCUT2D eigenvalue weighted by atomic mass is 10.1. The van der Waals surface area contributed by atoms with Crippen molar-refractivity contribution < 1.29 is 22.5 Å². The monoisotopic (exact) mass is 445 g/mol. The summed E-state index contributed by atoms with van der Waals surface area (Å²) in [5, 5.41) is 3.05. The van der Waals surface area contributed by atoms with Gasteiger partial charge in [0.1, 0.15) is 23.0 Å². The molecular formula is C22H21F2N3O3S. The van der Waals surface area contributed by atoms with Gasteiger partial charge in [0.05, 0.1) is 19.4 Å². The first-order valence-electron chi connectivity index (χ1n) is 9.77. The molecule has 4 bridgehead atoms. The van der Waals surface area contributed by atoms with Crippen LogP contribution in [0, 0.1) is 11.6 Å². The second kappa shape index (κ2) is 9.38. The SMILES string of the molecule is CS(=O)Cc1cc2cc(c1)OCCCCOc1cc(F)ccc1-c1nc(ncc1F)N2. The van der Waals surface area contributed by atoms with Crippen molar-refractivity contribution in [2.45, 2.75) is 18.6 Å². The van der Waals surface area contributed by atoms with Gasteiger partial charge in [0.15, 0.2) is 5.82 Å². The van der Waals surface area contributed by atoms with Gasteiger partial charge in [-0.15, -0.1) is 0 Å². The van der Waals surface area contributed by atoms with E-state index in [1.54, 1.807) is 12.3 Å². The molecule has 6 nitrogen and oxygen atoms in total. The second-order valence-electron chi connectivity index (χ2n) is 7.14. The highest BCUT2D eigenvalue weighted by Gasteiger charge is 2.16. The zero-order valence-corrected chi connectivity index (χ0v) is 17.7. The summed E-state index contributed by atoms with van der Waals surface area (Å²) in [7, 11) is -1.03. The van der Waals surface area contributed by atoms with Gasteiger partial charge in [0.2, 0.25) is 5.95 Å². The van der Waals surface area contributed by atoms with E-state index in [2.05, 4.69) is 15.3 Å². The molecule has 0 saturated carbocycles. The minimum absolute atomic E-state index is 0.00432. The van der Waals surface area contributed by atoms with Gasteiger partial charge in [-0.25, -0.2) is 18.7 Å². The minimum atomic E-state index is -1.03. The predicted octanol–water partition coefficient (Wildman–Crippen LogP) is 4.60. The molecule has 9 heteroatoms. The Morgan fingerprint density at radius 2 is 1.90 bits per heavy atom. The number of hydrogen-bond acceptors (Lipinski definition) is 6. The van der Waals surface area contributed by atoms with E-state index in [0.717, 1.165) is 11.8 Å². The summed E-state index contributed by atoms with van der Waals surface area (Å²) in [6.45, 7) is 0.772. The van der Waals surface area contributed by atoms with Crippen LogP contribution in [0.5, 0.6) is 11.5 Å². The van der Waals surface area contributed by atoms with Gasteiger partial charge in [-0.1, -0.05) is 0 Å². The summed E-state index contributed by atoms with van der Waals surface area (Å²) in [6.07, 6.45) is 4.06. The van der Waals surface area contributed by atoms with E-state index < -0.39 is 22.4 Å². The standard InChI is InChI=1S/C22H21F2N3O3S/c1-31(28)13-14-8-16-11-17(9-14)29-6-2-3-7-30-20-10-15(23)4-5-18(20)21-19(24)12-25-22(26-16)27-21/h4-5,8-12H,2-3,6-7,13H2,1H3,(H,25,26,27). The summed E-state index contributed by atoms with van der Waals surface area (Å²) in [4.78, 5) is 8.32. The lowest BCUT2D eigenvalue weighted by Crippen LogP contribution is -2.04. The molecule has 31 heavy (non-hydrogen) atoms. The molecular weight excluding hydrogens is 424 g/mol. The van der Waals surface area contributed by atoms with Crippen LogP contribution >= 0.6 is 0 Å². The fourth-order valence-electron chi connectivity index (χ4n) is 3.27. The summed E-state index contributed by atoms with van der Waals surface area (Å²) < 4.78 is 51.7. The third-order valence-electron chi connectivity index (χ3n) is 4.60. The average molecular weight is 445 g/mol. The van der Waals surface area contributed by atoms with E-state index >= 15 is 0 Å². The van der Waals surface area contributed by atoms with Gasteiger partial charge >= 0.3 is 0 Å². The van der Waals surface area contributed by atoms with Crippen LogP contribution in [0.1, 0.15) is 18.4 Å². The van der Waals surface area contributed by atoms with Crippen LogP contribution in [-0.2, 0) is 16.6 Å². The van der Waals surface area contributed by atoms with E-state index in [1.165, 1.54) is 18.2 Å². The van der Waals surface area contributed by atoms with Crippen molar-refractivity contribution in [2.75, 3.05) is 24.8 Å². The Bertz CT molecular complexity index is 1130. The highest BCUT2D eigenvalue weighted by atomic mass is 32.2. The quantitative estimate of drug-likeness (QED) is 0.622. The van der Waals surface area contributed by atoms with Gasteiger partial charge in [0, 0.05) is 46.2 Å². The van der Waals surface area contributed by atoms with E-state index in [9.17, 15) is 13.0 Å². The van der Waals surface area contributed by atoms with E-state index in [1.807, 2.05) is 12.1 Å². The molecule has 4 rings (SSSR count). The summed E-state index contributed by atoms with van der Waals surface area (Å²) in [5.41, 5.74) is 1.80. The van der Waals surface area contributed by atoms with Crippen molar-refractivity contribution in [1.29, 1.82) is 0 Å². The normalized spacial score (nSPS) is 14.7. The Morgan fingerprint density at radius 1 is 1.10 bits per heavy atom. The molecule has 1 aliphatic heterocycles. The van der Waals surface area contributed by atoms with E-state index in [-0.39, 0.29) is 17.4 Å². The zero-order valence-electron chi connectivity index (χ0n) is 16.9.